The number of hydrogen-bond donors (Lipinski definition) is 2. The molecular formula is C22H32IN3O2S. The van der Waals surface area contributed by atoms with Crippen LogP contribution in [0.1, 0.15) is 36.5 Å². The van der Waals surface area contributed by atoms with Crippen LogP contribution in [-0.2, 0) is 22.8 Å². The third-order valence-corrected chi connectivity index (χ3v) is 5.55. The first-order chi connectivity index (χ1) is 13.4. The highest BCUT2D eigenvalue weighted by molar-refractivity contribution is 14.0. The average Bonchev–Trinajstić information content (AvgIpc) is 2.67. The molecule has 0 aliphatic rings. The molecular weight excluding hydrogens is 497 g/mol. The molecule has 0 aliphatic carbocycles. The number of aliphatic imine (C=N–C) groups is 1. The van der Waals surface area contributed by atoms with E-state index in [0.717, 1.165) is 43.9 Å². The molecule has 0 aromatic heterocycles. The van der Waals surface area contributed by atoms with Crippen molar-refractivity contribution in [2.75, 3.05) is 19.3 Å². The lowest BCUT2D eigenvalue weighted by Crippen LogP contribution is -2.39. The standard InChI is InChI=1S/C22H31N3O2S.HI/c1-4-5-15-23-22(25-17-20-8-6-18(2)7-9-20)24-16-14-19-10-12-21(13-11-19)28(3,26)27;/h6-13H,4-5,14-17H2,1-3H3,(H2,23,24,25);1H. The maximum absolute atomic E-state index is 11.5. The number of nitrogens with zero attached hydrogens (tertiary/aromatic N) is 1. The van der Waals surface area contributed by atoms with Gasteiger partial charge in [-0.2, -0.15) is 0 Å². The van der Waals surface area contributed by atoms with Crippen molar-refractivity contribution >= 4 is 39.8 Å². The molecule has 0 radical (unpaired) electrons. The Balaban J connectivity index is 0.00000420. The zero-order valence-electron chi connectivity index (χ0n) is 17.4. The molecule has 2 aromatic carbocycles. The second-order valence-corrected chi connectivity index (χ2v) is 9.04. The van der Waals surface area contributed by atoms with E-state index in [9.17, 15) is 8.42 Å². The molecule has 160 valence electrons. The van der Waals surface area contributed by atoms with Crippen LogP contribution in [0.25, 0.3) is 0 Å². The molecule has 2 N–H and O–H groups in total. The van der Waals surface area contributed by atoms with Crippen molar-refractivity contribution in [3.05, 3.63) is 65.2 Å². The number of sulfone groups is 1. The molecule has 0 heterocycles. The highest BCUT2D eigenvalue weighted by atomic mass is 127. The van der Waals surface area contributed by atoms with Gasteiger partial charge in [0.05, 0.1) is 11.4 Å². The Morgan fingerprint density at radius 3 is 2.10 bits per heavy atom. The maximum atomic E-state index is 11.5. The van der Waals surface area contributed by atoms with E-state index in [-0.39, 0.29) is 24.0 Å². The third kappa shape index (κ3) is 9.62. The first-order valence-electron chi connectivity index (χ1n) is 9.75. The number of halogens is 1. The van der Waals surface area contributed by atoms with Gasteiger partial charge in [-0.3, -0.25) is 0 Å². The highest BCUT2D eigenvalue weighted by Gasteiger charge is 2.06. The van der Waals surface area contributed by atoms with Gasteiger partial charge in [0.25, 0.3) is 0 Å². The van der Waals surface area contributed by atoms with Gasteiger partial charge in [0.15, 0.2) is 15.8 Å². The number of hydrogen-bond acceptors (Lipinski definition) is 3. The van der Waals surface area contributed by atoms with Crippen LogP contribution >= 0.6 is 24.0 Å². The Morgan fingerprint density at radius 1 is 0.931 bits per heavy atom. The molecule has 0 spiro atoms. The van der Waals surface area contributed by atoms with Gasteiger partial charge >= 0.3 is 0 Å². The number of guanidine groups is 1. The molecule has 5 nitrogen and oxygen atoms in total. The van der Waals surface area contributed by atoms with E-state index >= 15 is 0 Å². The normalized spacial score (nSPS) is 11.6. The van der Waals surface area contributed by atoms with E-state index < -0.39 is 9.84 Å². The first kappa shape index (κ1) is 25.4. The number of unbranched alkanes of at least 4 members (excludes halogenated alkanes) is 1. The van der Waals surface area contributed by atoms with Gasteiger partial charge < -0.3 is 10.6 Å². The highest BCUT2D eigenvalue weighted by Crippen LogP contribution is 2.10. The van der Waals surface area contributed by atoms with Gasteiger partial charge in [0.1, 0.15) is 0 Å². The lowest BCUT2D eigenvalue weighted by Gasteiger charge is -2.13. The summed E-state index contributed by atoms with van der Waals surface area (Å²) in [6, 6.07) is 15.5. The summed E-state index contributed by atoms with van der Waals surface area (Å²) < 4.78 is 23.1. The van der Waals surface area contributed by atoms with Gasteiger partial charge in [-0.15, -0.1) is 24.0 Å². The Bertz CT molecular complexity index is 864. The van der Waals surface area contributed by atoms with E-state index in [1.54, 1.807) is 12.1 Å². The van der Waals surface area contributed by atoms with E-state index in [4.69, 9.17) is 0 Å². The van der Waals surface area contributed by atoms with E-state index in [0.29, 0.717) is 11.4 Å². The number of nitrogens with one attached hydrogen (secondary N) is 2. The maximum Gasteiger partial charge on any atom is 0.191 e. The lowest BCUT2D eigenvalue weighted by atomic mass is 10.1. The molecule has 0 aliphatic heterocycles. The van der Waals surface area contributed by atoms with Crippen LogP contribution in [0, 0.1) is 6.92 Å². The fourth-order valence-electron chi connectivity index (χ4n) is 2.65. The van der Waals surface area contributed by atoms with Crippen LogP contribution in [0.4, 0.5) is 0 Å². The largest absolute Gasteiger partial charge is 0.356 e. The SMILES string of the molecule is CCCCNC(=NCc1ccc(C)cc1)NCCc1ccc(S(C)(=O)=O)cc1.I. The number of benzene rings is 2. The first-order valence-corrected chi connectivity index (χ1v) is 11.6. The molecule has 29 heavy (non-hydrogen) atoms. The molecule has 0 atom stereocenters. The van der Waals surface area contributed by atoms with Crippen molar-refractivity contribution in [1.29, 1.82) is 0 Å². The molecule has 0 saturated heterocycles. The van der Waals surface area contributed by atoms with Crippen LogP contribution in [0.3, 0.4) is 0 Å². The second kappa shape index (κ2) is 12.8. The minimum absolute atomic E-state index is 0. The van der Waals surface area contributed by atoms with E-state index in [1.165, 1.54) is 17.4 Å². The monoisotopic (exact) mass is 529 g/mol. The van der Waals surface area contributed by atoms with Crippen molar-refractivity contribution in [3.8, 4) is 0 Å². The second-order valence-electron chi connectivity index (χ2n) is 7.02. The minimum Gasteiger partial charge on any atom is -0.356 e. The molecule has 7 heteroatoms. The number of aryl methyl sites for hydroxylation is 1. The van der Waals surface area contributed by atoms with Crippen LogP contribution in [-0.4, -0.2) is 33.7 Å². The van der Waals surface area contributed by atoms with Crippen molar-refractivity contribution < 1.29 is 8.42 Å². The average molecular weight is 529 g/mol. The quantitative estimate of drug-likeness (QED) is 0.222. The Kier molecular flexibility index (Phi) is 11.3. The predicted molar refractivity (Wildman–Crippen MR) is 132 cm³/mol. The molecule has 0 fully saturated rings. The minimum atomic E-state index is -3.15. The Morgan fingerprint density at radius 2 is 1.52 bits per heavy atom. The number of rotatable bonds is 9. The van der Waals surface area contributed by atoms with Gasteiger partial charge in [-0.1, -0.05) is 55.3 Å². The van der Waals surface area contributed by atoms with Gasteiger partial charge in [-0.25, -0.2) is 13.4 Å². The third-order valence-electron chi connectivity index (χ3n) is 4.42. The summed E-state index contributed by atoms with van der Waals surface area (Å²) in [5.41, 5.74) is 3.51. The summed E-state index contributed by atoms with van der Waals surface area (Å²) in [5, 5.41) is 6.75. The summed E-state index contributed by atoms with van der Waals surface area (Å²) in [5.74, 6) is 0.807. The molecule has 2 rings (SSSR count). The summed E-state index contributed by atoms with van der Waals surface area (Å²) in [6.07, 6.45) is 4.24. The summed E-state index contributed by atoms with van der Waals surface area (Å²) in [7, 11) is -3.15. The molecule has 0 bridgehead atoms. The predicted octanol–water partition coefficient (Wildman–Crippen LogP) is 4.09. The zero-order chi connectivity index (χ0) is 20.4. The lowest BCUT2D eigenvalue weighted by molar-refractivity contribution is 0.602. The summed E-state index contributed by atoms with van der Waals surface area (Å²) in [6.45, 7) is 6.49. The van der Waals surface area contributed by atoms with Crippen LogP contribution < -0.4 is 10.6 Å². The van der Waals surface area contributed by atoms with Crippen LogP contribution in [0.2, 0.25) is 0 Å². The van der Waals surface area contributed by atoms with E-state index in [1.807, 2.05) is 12.1 Å². The zero-order valence-corrected chi connectivity index (χ0v) is 20.6. The van der Waals surface area contributed by atoms with Gasteiger partial charge in [0, 0.05) is 19.3 Å². The molecule has 2 aromatic rings. The van der Waals surface area contributed by atoms with Gasteiger partial charge in [-0.05, 0) is 43.0 Å². The van der Waals surface area contributed by atoms with Crippen molar-refractivity contribution in [3.63, 3.8) is 0 Å². The van der Waals surface area contributed by atoms with Crippen molar-refractivity contribution in [2.45, 2.75) is 44.6 Å². The van der Waals surface area contributed by atoms with Crippen molar-refractivity contribution in [1.82, 2.24) is 10.6 Å². The molecule has 0 saturated carbocycles. The van der Waals surface area contributed by atoms with Crippen LogP contribution in [0.15, 0.2) is 58.4 Å². The smallest absolute Gasteiger partial charge is 0.191 e. The fourth-order valence-corrected chi connectivity index (χ4v) is 3.28. The fraction of sp³-hybridized carbons (Fsp3) is 0.409. The van der Waals surface area contributed by atoms with Crippen molar-refractivity contribution in [2.24, 2.45) is 4.99 Å². The summed E-state index contributed by atoms with van der Waals surface area (Å²) >= 11 is 0. The van der Waals surface area contributed by atoms with Gasteiger partial charge in [0.2, 0.25) is 0 Å². The van der Waals surface area contributed by atoms with E-state index in [2.05, 4.69) is 53.7 Å². The Hall–Kier alpha value is -1.61. The Labute approximate surface area is 192 Å². The van der Waals surface area contributed by atoms with Crippen LogP contribution in [0.5, 0.6) is 0 Å². The molecule has 0 unspecified atom stereocenters. The topological polar surface area (TPSA) is 70.6 Å². The molecule has 0 amide bonds. The summed E-state index contributed by atoms with van der Waals surface area (Å²) in [4.78, 5) is 5.04.